The van der Waals surface area contributed by atoms with Crippen LogP contribution in [0.1, 0.15) is 45.4 Å². The van der Waals surface area contributed by atoms with E-state index in [0.717, 1.165) is 19.3 Å². The van der Waals surface area contributed by atoms with Gasteiger partial charge in [-0.2, -0.15) is 0 Å². The molecule has 0 aromatic rings. The van der Waals surface area contributed by atoms with Crippen molar-refractivity contribution in [2.45, 2.75) is 57.0 Å². The van der Waals surface area contributed by atoms with E-state index in [-0.39, 0.29) is 5.91 Å². The standard InChI is InChI=1S/C11H20N2O3/c1-2-3-5-8(12)9(14)13-11(10(15)16)6-4-7-11/h8H,2-7,12H2,1H3,(H,13,14)(H,15,16)/t8-/m0/s1. The average Bonchev–Trinajstić information content (AvgIpc) is 2.18. The third-order valence-corrected chi connectivity index (χ3v) is 3.18. The smallest absolute Gasteiger partial charge is 0.329 e. The third-order valence-electron chi connectivity index (χ3n) is 3.18. The van der Waals surface area contributed by atoms with Crippen molar-refractivity contribution < 1.29 is 14.7 Å². The highest BCUT2D eigenvalue weighted by molar-refractivity contribution is 5.90. The highest BCUT2D eigenvalue weighted by Crippen LogP contribution is 2.32. The number of carboxylic acid groups (broad SMARTS) is 1. The van der Waals surface area contributed by atoms with Crippen LogP contribution in [-0.2, 0) is 9.59 Å². The van der Waals surface area contributed by atoms with Gasteiger partial charge in [0, 0.05) is 0 Å². The van der Waals surface area contributed by atoms with Crippen LogP contribution in [0.4, 0.5) is 0 Å². The molecular weight excluding hydrogens is 208 g/mol. The van der Waals surface area contributed by atoms with Gasteiger partial charge in [0.2, 0.25) is 5.91 Å². The monoisotopic (exact) mass is 228 g/mol. The zero-order valence-corrected chi connectivity index (χ0v) is 9.66. The minimum atomic E-state index is -1.04. The number of aliphatic carboxylic acids is 1. The van der Waals surface area contributed by atoms with Crippen LogP contribution in [0.3, 0.4) is 0 Å². The molecule has 0 heterocycles. The zero-order chi connectivity index (χ0) is 12.2. The molecule has 0 unspecified atom stereocenters. The topological polar surface area (TPSA) is 92.4 Å². The lowest BCUT2D eigenvalue weighted by molar-refractivity contribution is -0.152. The predicted molar refractivity (Wildman–Crippen MR) is 59.9 cm³/mol. The van der Waals surface area contributed by atoms with Crippen LogP contribution in [0.25, 0.3) is 0 Å². The van der Waals surface area contributed by atoms with E-state index in [0.29, 0.717) is 19.3 Å². The number of amides is 1. The van der Waals surface area contributed by atoms with Crippen molar-refractivity contribution in [1.29, 1.82) is 0 Å². The van der Waals surface area contributed by atoms with Gasteiger partial charge in [-0.25, -0.2) is 4.79 Å². The summed E-state index contributed by atoms with van der Waals surface area (Å²) in [7, 11) is 0. The molecule has 0 saturated heterocycles. The Morgan fingerprint density at radius 1 is 1.50 bits per heavy atom. The molecule has 0 aromatic carbocycles. The van der Waals surface area contributed by atoms with Crippen molar-refractivity contribution in [3.63, 3.8) is 0 Å². The van der Waals surface area contributed by atoms with E-state index in [1.807, 2.05) is 6.92 Å². The molecule has 5 heteroatoms. The summed E-state index contributed by atoms with van der Waals surface area (Å²) >= 11 is 0. The Labute approximate surface area is 95.4 Å². The van der Waals surface area contributed by atoms with Crippen molar-refractivity contribution in [1.82, 2.24) is 5.32 Å². The number of carbonyl (C=O) groups is 2. The van der Waals surface area contributed by atoms with Gasteiger partial charge in [-0.3, -0.25) is 4.79 Å². The fourth-order valence-corrected chi connectivity index (χ4v) is 1.81. The van der Waals surface area contributed by atoms with Gasteiger partial charge < -0.3 is 16.2 Å². The number of nitrogens with two attached hydrogens (primary N) is 1. The summed E-state index contributed by atoms with van der Waals surface area (Å²) in [6.45, 7) is 2.02. The number of nitrogens with one attached hydrogen (secondary N) is 1. The number of hydrogen-bond donors (Lipinski definition) is 3. The Bertz CT molecular complexity index is 274. The number of rotatable bonds is 6. The van der Waals surface area contributed by atoms with Crippen molar-refractivity contribution >= 4 is 11.9 Å². The Kier molecular flexibility index (Phi) is 4.29. The lowest BCUT2D eigenvalue weighted by Gasteiger charge is -2.38. The molecule has 1 atom stereocenters. The molecule has 0 spiro atoms. The molecule has 0 aliphatic heterocycles. The maximum Gasteiger partial charge on any atom is 0.329 e. The zero-order valence-electron chi connectivity index (χ0n) is 9.66. The van der Waals surface area contributed by atoms with Crippen molar-refractivity contribution in [2.24, 2.45) is 5.73 Å². The van der Waals surface area contributed by atoms with E-state index in [1.54, 1.807) is 0 Å². The molecule has 5 nitrogen and oxygen atoms in total. The lowest BCUT2D eigenvalue weighted by atomic mass is 9.76. The van der Waals surface area contributed by atoms with E-state index < -0.39 is 17.6 Å². The minimum Gasteiger partial charge on any atom is -0.480 e. The molecule has 4 N–H and O–H groups in total. The second-order valence-corrected chi connectivity index (χ2v) is 4.48. The summed E-state index contributed by atoms with van der Waals surface area (Å²) in [5.74, 6) is -1.29. The number of carbonyl (C=O) groups excluding carboxylic acids is 1. The van der Waals surface area contributed by atoms with Crippen molar-refractivity contribution in [2.75, 3.05) is 0 Å². The molecule has 1 fully saturated rings. The van der Waals surface area contributed by atoms with Gasteiger partial charge in [-0.05, 0) is 25.7 Å². The van der Waals surface area contributed by atoms with Crippen LogP contribution < -0.4 is 11.1 Å². The SMILES string of the molecule is CCCC[C@H](N)C(=O)NC1(C(=O)O)CCC1. The Morgan fingerprint density at radius 3 is 2.50 bits per heavy atom. The van der Waals surface area contributed by atoms with Gasteiger partial charge in [-0.15, -0.1) is 0 Å². The number of unbranched alkanes of at least 4 members (excludes halogenated alkanes) is 1. The first-order valence-electron chi connectivity index (χ1n) is 5.83. The largest absolute Gasteiger partial charge is 0.480 e. The summed E-state index contributed by atoms with van der Waals surface area (Å²) in [5.41, 5.74) is 4.64. The second kappa shape index (κ2) is 5.30. The van der Waals surface area contributed by atoms with Gasteiger partial charge in [0.25, 0.3) is 0 Å². The summed E-state index contributed by atoms with van der Waals surface area (Å²) in [6, 6.07) is -0.586. The van der Waals surface area contributed by atoms with Crippen molar-refractivity contribution in [3.8, 4) is 0 Å². The molecule has 92 valence electrons. The number of hydrogen-bond acceptors (Lipinski definition) is 3. The molecule has 0 radical (unpaired) electrons. The Balaban J connectivity index is 2.46. The maximum absolute atomic E-state index is 11.7. The first-order valence-corrected chi connectivity index (χ1v) is 5.83. The molecule has 0 bridgehead atoms. The normalized spacial score (nSPS) is 19.6. The van der Waals surface area contributed by atoms with E-state index in [2.05, 4.69) is 5.32 Å². The second-order valence-electron chi connectivity index (χ2n) is 4.48. The first kappa shape index (κ1) is 13.0. The van der Waals surface area contributed by atoms with E-state index in [4.69, 9.17) is 10.8 Å². The van der Waals surface area contributed by atoms with Crippen LogP contribution in [0.2, 0.25) is 0 Å². The van der Waals surface area contributed by atoms with Gasteiger partial charge in [0.1, 0.15) is 5.54 Å². The average molecular weight is 228 g/mol. The Morgan fingerprint density at radius 2 is 2.12 bits per heavy atom. The molecule has 1 rings (SSSR count). The van der Waals surface area contributed by atoms with Crippen LogP contribution in [0, 0.1) is 0 Å². The van der Waals surface area contributed by atoms with Crippen LogP contribution in [0.15, 0.2) is 0 Å². The fourth-order valence-electron chi connectivity index (χ4n) is 1.81. The van der Waals surface area contributed by atoms with Crippen molar-refractivity contribution in [3.05, 3.63) is 0 Å². The highest BCUT2D eigenvalue weighted by atomic mass is 16.4. The minimum absolute atomic E-state index is 0.337. The predicted octanol–water partition coefficient (Wildman–Crippen LogP) is 0.627. The van der Waals surface area contributed by atoms with Crippen LogP contribution in [-0.4, -0.2) is 28.6 Å². The highest BCUT2D eigenvalue weighted by Gasteiger charge is 2.46. The van der Waals surface area contributed by atoms with Gasteiger partial charge in [-0.1, -0.05) is 19.8 Å². The van der Waals surface area contributed by atoms with Crippen LogP contribution >= 0.6 is 0 Å². The molecule has 1 aliphatic rings. The summed E-state index contributed by atoms with van der Waals surface area (Å²) in [5, 5.41) is 11.6. The summed E-state index contributed by atoms with van der Waals surface area (Å²) in [6.07, 6.45) is 4.33. The molecule has 16 heavy (non-hydrogen) atoms. The molecule has 0 aromatic heterocycles. The van der Waals surface area contributed by atoms with E-state index in [9.17, 15) is 9.59 Å². The van der Waals surface area contributed by atoms with Gasteiger partial charge >= 0.3 is 5.97 Å². The van der Waals surface area contributed by atoms with Gasteiger partial charge in [0.15, 0.2) is 0 Å². The first-order chi connectivity index (χ1) is 7.52. The molecule has 1 amide bonds. The quantitative estimate of drug-likeness (QED) is 0.621. The van der Waals surface area contributed by atoms with E-state index >= 15 is 0 Å². The molecular formula is C11H20N2O3. The summed E-state index contributed by atoms with van der Waals surface area (Å²) < 4.78 is 0. The van der Waals surface area contributed by atoms with E-state index in [1.165, 1.54) is 0 Å². The maximum atomic E-state index is 11.7. The fraction of sp³-hybridized carbons (Fsp3) is 0.818. The van der Waals surface area contributed by atoms with Gasteiger partial charge in [0.05, 0.1) is 6.04 Å². The summed E-state index contributed by atoms with van der Waals surface area (Å²) in [4.78, 5) is 22.7. The number of carboxylic acids is 1. The molecule has 1 saturated carbocycles. The molecule has 1 aliphatic carbocycles. The lowest BCUT2D eigenvalue weighted by Crippen LogP contribution is -2.61. The van der Waals surface area contributed by atoms with Crippen LogP contribution in [0.5, 0.6) is 0 Å². The third kappa shape index (κ3) is 2.72. The Hall–Kier alpha value is -1.10.